The lowest BCUT2D eigenvalue weighted by Crippen LogP contribution is -2.26. The third-order valence-electron chi connectivity index (χ3n) is 4.72. The molecular weight excluding hydrogens is 332 g/mol. The number of ether oxygens (including phenoxy) is 1. The third-order valence-corrected chi connectivity index (χ3v) is 4.72. The van der Waals surface area contributed by atoms with Gasteiger partial charge < -0.3 is 15.6 Å². The standard InChI is InChI=1S/C19H22N4O3/c1-10-6-14(7-11(2)15(10)8-20)26-18-16(9-24)23(12(3)19(21)25)22-17(18)13-4-5-13/h6-7,12-13,24H,4-5,9H2,1-3H3,(H2,21,25). The predicted molar refractivity (Wildman–Crippen MR) is 94.7 cm³/mol. The SMILES string of the molecule is Cc1cc(Oc2c(C3CC3)nn(C(C)C(N)=O)c2CO)cc(C)c1C#N. The van der Waals surface area contributed by atoms with Gasteiger partial charge in [-0.2, -0.15) is 10.4 Å². The number of amides is 1. The summed E-state index contributed by atoms with van der Waals surface area (Å²) < 4.78 is 7.55. The molecule has 3 rings (SSSR count). The number of nitrogens with zero attached hydrogens (tertiary/aromatic N) is 3. The Morgan fingerprint density at radius 2 is 2.08 bits per heavy atom. The minimum atomic E-state index is -0.684. The van der Waals surface area contributed by atoms with Gasteiger partial charge in [-0.3, -0.25) is 9.48 Å². The van der Waals surface area contributed by atoms with Crippen LogP contribution in [-0.4, -0.2) is 20.8 Å². The van der Waals surface area contributed by atoms with E-state index in [9.17, 15) is 15.2 Å². The third kappa shape index (κ3) is 3.16. The first-order valence-electron chi connectivity index (χ1n) is 8.58. The van der Waals surface area contributed by atoms with Crippen molar-refractivity contribution in [2.24, 2.45) is 5.73 Å². The zero-order valence-electron chi connectivity index (χ0n) is 15.1. The highest BCUT2D eigenvalue weighted by molar-refractivity contribution is 5.78. The summed E-state index contributed by atoms with van der Waals surface area (Å²) in [5, 5.41) is 23.6. The van der Waals surface area contributed by atoms with Crippen molar-refractivity contribution >= 4 is 5.91 Å². The average Bonchev–Trinajstić information content (AvgIpc) is 3.36. The van der Waals surface area contributed by atoms with Gasteiger partial charge in [-0.25, -0.2) is 0 Å². The number of nitrogens with two attached hydrogens (primary N) is 1. The highest BCUT2D eigenvalue weighted by Gasteiger charge is 2.34. The lowest BCUT2D eigenvalue weighted by Gasteiger charge is -2.13. The van der Waals surface area contributed by atoms with Crippen molar-refractivity contribution in [3.8, 4) is 17.6 Å². The first-order chi connectivity index (χ1) is 12.4. The van der Waals surface area contributed by atoms with Crippen molar-refractivity contribution in [3.05, 3.63) is 40.2 Å². The molecule has 7 nitrogen and oxygen atoms in total. The van der Waals surface area contributed by atoms with Crippen molar-refractivity contribution in [3.63, 3.8) is 0 Å². The first-order valence-corrected chi connectivity index (χ1v) is 8.58. The van der Waals surface area contributed by atoms with Crippen LogP contribution in [0.2, 0.25) is 0 Å². The van der Waals surface area contributed by atoms with Crippen LogP contribution in [0.4, 0.5) is 0 Å². The summed E-state index contributed by atoms with van der Waals surface area (Å²) in [6.07, 6.45) is 1.99. The summed E-state index contributed by atoms with van der Waals surface area (Å²) in [6.45, 7) is 5.03. The Kier molecular flexibility index (Phi) is 4.70. The molecule has 1 aromatic heterocycles. The van der Waals surface area contributed by atoms with Crippen LogP contribution in [0.25, 0.3) is 0 Å². The van der Waals surface area contributed by atoms with Crippen LogP contribution >= 0.6 is 0 Å². The fourth-order valence-corrected chi connectivity index (χ4v) is 3.07. The Balaban J connectivity index is 2.07. The molecule has 0 spiro atoms. The van der Waals surface area contributed by atoms with Gasteiger partial charge in [-0.05, 0) is 56.9 Å². The summed E-state index contributed by atoms with van der Waals surface area (Å²) in [5.74, 6) is 0.784. The van der Waals surface area contributed by atoms with E-state index in [1.165, 1.54) is 4.68 Å². The normalized spacial score (nSPS) is 14.7. The second-order valence-electron chi connectivity index (χ2n) is 6.76. The maximum atomic E-state index is 11.6. The molecule has 1 atom stereocenters. The number of aliphatic hydroxyl groups is 1. The number of benzene rings is 1. The van der Waals surface area contributed by atoms with E-state index < -0.39 is 11.9 Å². The molecule has 2 aromatic rings. The topological polar surface area (TPSA) is 114 Å². The Labute approximate surface area is 152 Å². The number of aliphatic hydroxyl groups excluding tert-OH is 1. The molecule has 26 heavy (non-hydrogen) atoms. The maximum absolute atomic E-state index is 11.6. The number of hydrogen-bond acceptors (Lipinski definition) is 5. The Morgan fingerprint density at radius 3 is 2.54 bits per heavy atom. The van der Waals surface area contributed by atoms with Gasteiger partial charge in [0.15, 0.2) is 5.75 Å². The van der Waals surface area contributed by atoms with Gasteiger partial charge in [0.25, 0.3) is 0 Å². The van der Waals surface area contributed by atoms with Gasteiger partial charge in [-0.1, -0.05) is 0 Å². The van der Waals surface area contributed by atoms with E-state index in [1.807, 2.05) is 13.8 Å². The molecule has 1 fully saturated rings. The maximum Gasteiger partial charge on any atom is 0.242 e. The number of aryl methyl sites for hydroxylation is 2. The first kappa shape index (κ1) is 18.0. The van der Waals surface area contributed by atoms with Crippen LogP contribution in [0.15, 0.2) is 12.1 Å². The van der Waals surface area contributed by atoms with Gasteiger partial charge in [0.2, 0.25) is 5.91 Å². The van der Waals surface area contributed by atoms with E-state index >= 15 is 0 Å². The van der Waals surface area contributed by atoms with Crippen LogP contribution in [-0.2, 0) is 11.4 Å². The van der Waals surface area contributed by atoms with Gasteiger partial charge in [0.1, 0.15) is 23.2 Å². The van der Waals surface area contributed by atoms with Gasteiger partial charge in [0.05, 0.1) is 18.2 Å². The molecule has 1 aliphatic rings. The number of carbonyl (C=O) groups excluding carboxylic acids is 1. The zero-order valence-corrected chi connectivity index (χ0v) is 15.1. The fourth-order valence-electron chi connectivity index (χ4n) is 3.07. The summed E-state index contributed by atoms with van der Waals surface area (Å²) in [6, 6.07) is 5.08. The number of hydrogen-bond donors (Lipinski definition) is 2. The Morgan fingerprint density at radius 1 is 1.46 bits per heavy atom. The van der Waals surface area contributed by atoms with Crippen molar-refractivity contribution in [2.45, 2.75) is 52.2 Å². The second kappa shape index (κ2) is 6.81. The van der Waals surface area contributed by atoms with Crippen molar-refractivity contribution in [1.82, 2.24) is 9.78 Å². The zero-order chi connectivity index (χ0) is 19.0. The number of primary amides is 1. The van der Waals surface area contributed by atoms with Crippen LogP contribution in [0, 0.1) is 25.2 Å². The largest absolute Gasteiger partial charge is 0.453 e. The van der Waals surface area contributed by atoms with E-state index in [0.29, 0.717) is 22.8 Å². The second-order valence-corrected chi connectivity index (χ2v) is 6.76. The number of aromatic nitrogens is 2. The lowest BCUT2D eigenvalue weighted by molar-refractivity contribution is -0.121. The van der Waals surface area contributed by atoms with E-state index in [4.69, 9.17) is 10.5 Å². The molecule has 1 aliphatic carbocycles. The predicted octanol–water partition coefficient (Wildman–Crippen LogP) is 2.58. The molecule has 136 valence electrons. The van der Waals surface area contributed by atoms with Crippen LogP contribution < -0.4 is 10.5 Å². The molecular formula is C19H22N4O3. The Bertz CT molecular complexity index is 883. The molecule has 0 radical (unpaired) electrons. The monoisotopic (exact) mass is 354 g/mol. The number of nitriles is 1. The van der Waals surface area contributed by atoms with E-state index in [1.54, 1.807) is 19.1 Å². The quantitative estimate of drug-likeness (QED) is 0.827. The lowest BCUT2D eigenvalue weighted by atomic mass is 10.0. The van der Waals surface area contributed by atoms with Crippen LogP contribution in [0.3, 0.4) is 0 Å². The van der Waals surface area contributed by atoms with Gasteiger partial charge in [-0.15, -0.1) is 0 Å². The molecule has 0 aliphatic heterocycles. The molecule has 1 saturated carbocycles. The summed E-state index contributed by atoms with van der Waals surface area (Å²) >= 11 is 0. The van der Waals surface area contributed by atoms with E-state index in [2.05, 4.69) is 11.2 Å². The molecule has 1 unspecified atom stereocenters. The smallest absolute Gasteiger partial charge is 0.242 e. The highest BCUT2D eigenvalue weighted by Crippen LogP contribution is 2.46. The minimum absolute atomic E-state index is 0.261. The molecule has 1 amide bonds. The van der Waals surface area contributed by atoms with E-state index in [-0.39, 0.29) is 12.5 Å². The molecule has 1 aromatic carbocycles. The Hall–Kier alpha value is -2.85. The summed E-state index contributed by atoms with van der Waals surface area (Å²) in [7, 11) is 0. The van der Waals surface area contributed by atoms with Crippen molar-refractivity contribution in [1.29, 1.82) is 5.26 Å². The van der Waals surface area contributed by atoms with Gasteiger partial charge >= 0.3 is 0 Å². The summed E-state index contributed by atoms with van der Waals surface area (Å²) in [5.41, 5.74) is 8.84. The molecule has 0 saturated heterocycles. The molecule has 1 heterocycles. The number of carbonyl (C=O) groups is 1. The highest BCUT2D eigenvalue weighted by atomic mass is 16.5. The number of rotatable bonds is 6. The molecule has 0 bridgehead atoms. The summed E-state index contributed by atoms with van der Waals surface area (Å²) in [4.78, 5) is 11.6. The van der Waals surface area contributed by atoms with Crippen molar-refractivity contribution < 1.29 is 14.6 Å². The fraction of sp³-hybridized carbons (Fsp3) is 0.421. The van der Waals surface area contributed by atoms with E-state index in [0.717, 1.165) is 29.7 Å². The van der Waals surface area contributed by atoms with Crippen molar-refractivity contribution in [2.75, 3.05) is 0 Å². The minimum Gasteiger partial charge on any atom is -0.453 e. The molecule has 7 heteroatoms. The molecule has 3 N–H and O–H groups in total. The van der Waals surface area contributed by atoms with Crippen LogP contribution in [0.5, 0.6) is 11.5 Å². The average molecular weight is 354 g/mol. The van der Waals surface area contributed by atoms with Crippen LogP contribution in [0.1, 0.15) is 59.8 Å². The van der Waals surface area contributed by atoms with Gasteiger partial charge in [0, 0.05) is 5.92 Å².